The molecular formula is C23H15N5O. The summed E-state index contributed by atoms with van der Waals surface area (Å²) in [6.45, 7) is 0. The molecule has 6 nitrogen and oxygen atoms in total. The van der Waals surface area contributed by atoms with E-state index in [1.54, 1.807) is 60.7 Å². The van der Waals surface area contributed by atoms with Crippen LogP contribution in [0.25, 0.3) is 10.8 Å². The van der Waals surface area contributed by atoms with E-state index in [1.807, 2.05) is 24.3 Å². The van der Waals surface area contributed by atoms with Gasteiger partial charge in [0.05, 0.1) is 34.4 Å². The fraction of sp³-hybridized carbons (Fsp3) is 0. The van der Waals surface area contributed by atoms with Crippen LogP contribution in [-0.2, 0) is 0 Å². The molecule has 138 valence electrons. The molecule has 0 aromatic heterocycles. The monoisotopic (exact) mass is 377 g/mol. The Morgan fingerprint density at radius 2 is 1.10 bits per heavy atom. The molecule has 0 saturated carbocycles. The van der Waals surface area contributed by atoms with Crippen LogP contribution >= 0.6 is 0 Å². The molecule has 4 aromatic carbocycles. The van der Waals surface area contributed by atoms with Gasteiger partial charge in [0.1, 0.15) is 5.75 Å². The highest BCUT2D eigenvalue weighted by atomic mass is 16.3. The lowest BCUT2D eigenvalue weighted by atomic mass is 10.1. The summed E-state index contributed by atoms with van der Waals surface area (Å²) in [5.74, 6) is 0.219. The molecule has 4 rings (SSSR count). The Hall–Kier alpha value is -4.37. The van der Waals surface area contributed by atoms with Crippen molar-refractivity contribution in [2.75, 3.05) is 0 Å². The molecule has 0 aliphatic carbocycles. The molecule has 0 amide bonds. The molecule has 0 fully saturated rings. The highest BCUT2D eigenvalue weighted by Crippen LogP contribution is 2.33. The number of nitrogens with zero attached hydrogens (tertiary/aromatic N) is 5. The van der Waals surface area contributed by atoms with Gasteiger partial charge in [-0.15, -0.1) is 5.11 Å². The van der Waals surface area contributed by atoms with E-state index in [4.69, 9.17) is 5.26 Å². The molecule has 0 saturated heterocycles. The van der Waals surface area contributed by atoms with E-state index in [0.717, 1.165) is 10.8 Å². The lowest BCUT2D eigenvalue weighted by Gasteiger charge is -2.03. The summed E-state index contributed by atoms with van der Waals surface area (Å²) in [5, 5.41) is 37.3. The minimum absolute atomic E-state index is 0.219. The molecule has 29 heavy (non-hydrogen) atoms. The topological polar surface area (TPSA) is 93.5 Å². The van der Waals surface area contributed by atoms with Gasteiger partial charge in [-0.1, -0.05) is 24.3 Å². The minimum atomic E-state index is 0.219. The van der Waals surface area contributed by atoms with Crippen molar-refractivity contribution in [3.05, 3.63) is 90.5 Å². The third kappa shape index (κ3) is 4.15. The summed E-state index contributed by atoms with van der Waals surface area (Å²) in [5.41, 5.74) is 3.30. The number of fused-ring (bicyclic) bond motifs is 1. The Balaban J connectivity index is 1.50. The van der Waals surface area contributed by atoms with E-state index >= 15 is 0 Å². The van der Waals surface area contributed by atoms with Gasteiger partial charge in [-0.05, 0) is 60.7 Å². The number of benzene rings is 4. The summed E-state index contributed by atoms with van der Waals surface area (Å²) in [4.78, 5) is 0. The minimum Gasteiger partial charge on any atom is -0.507 e. The number of hydrogen-bond acceptors (Lipinski definition) is 6. The van der Waals surface area contributed by atoms with Crippen LogP contribution in [0.5, 0.6) is 5.75 Å². The largest absolute Gasteiger partial charge is 0.507 e. The summed E-state index contributed by atoms with van der Waals surface area (Å²) >= 11 is 0. The third-order valence-electron chi connectivity index (χ3n) is 4.28. The number of rotatable bonds is 4. The van der Waals surface area contributed by atoms with Gasteiger partial charge in [-0.25, -0.2) is 0 Å². The molecule has 0 bridgehead atoms. The first kappa shape index (κ1) is 18.0. The maximum Gasteiger partial charge on any atom is 0.123 e. The Labute approximate surface area is 167 Å². The lowest BCUT2D eigenvalue weighted by Crippen LogP contribution is -1.74. The highest BCUT2D eigenvalue weighted by molar-refractivity contribution is 5.96. The van der Waals surface area contributed by atoms with Gasteiger partial charge in [0.15, 0.2) is 0 Å². The fourth-order valence-corrected chi connectivity index (χ4v) is 2.77. The average molecular weight is 377 g/mol. The van der Waals surface area contributed by atoms with Crippen molar-refractivity contribution < 1.29 is 5.11 Å². The van der Waals surface area contributed by atoms with E-state index in [9.17, 15) is 5.11 Å². The zero-order chi connectivity index (χ0) is 20.1. The first-order chi connectivity index (χ1) is 14.2. The van der Waals surface area contributed by atoms with Gasteiger partial charge in [0.2, 0.25) is 0 Å². The molecule has 0 unspecified atom stereocenters. The van der Waals surface area contributed by atoms with Crippen molar-refractivity contribution in [3.63, 3.8) is 0 Å². The van der Waals surface area contributed by atoms with Crippen LogP contribution in [0.15, 0.2) is 105 Å². The molecule has 0 radical (unpaired) electrons. The van der Waals surface area contributed by atoms with Crippen molar-refractivity contribution in [1.29, 1.82) is 5.26 Å². The fourth-order valence-electron chi connectivity index (χ4n) is 2.77. The molecule has 0 aliphatic rings. The number of phenols is 1. The second kappa shape index (κ2) is 8.11. The van der Waals surface area contributed by atoms with Crippen molar-refractivity contribution in [2.24, 2.45) is 20.5 Å². The second-order valence-electron chi connectivity index (χ2n) is 6.22. The van der Waals surface area contributed by atoms with Crippen LogP contribution in [0.4, 0.5) is 22.7 Å². The normalized spacial score (nSPS) is 11.3. The lowest BCUT2D eigenvalue weighted by molar-refractivity contribution is 0.481. The van der Waals surface area contributed by atoms with Gasteiger partial charge in [0.25, 0.3) is 0 Å². The predicted octanol–water partition coefficient (Wildman–Crippen LogP) is 7.25. The van der Waals surface area contributed by atoms with E-state index in [0.29, 0.717) is 28.3 Å². The van der Waals surface area contributed by atoms with Crippen LogP contribution in [0, 0.1) is 11.3 Å². The van der Waals surface area contributed by atoms with Crippen molar-refractivity contribution in [2.45, 2.75) is 0 Å². The average Bonchev–Trinajstić information content (AvgIpc) is 2.78. The smallest absolute Gasteiger partial charge is 0.123 e. The molecule has 1 N–H and O–H groups in total. The van der Waals surface area contributed by atoms with Crippen LogP contribution in [0.3, 0.4) is 0 Å². The zero-order valence-electron chi connectivity index (χ0n) is 15.3. The first-order valence-corrected chi connectivity index (χ1v) is 8.87. The number of azo groups is 2. The first-order valence-electron chi connectivity index (χ1n) is 8.87. The number of hydrogen-bond donors (Lipinski definition) is 1. The van der Waals surface area contributed by atoms with Crippen LogP contribution < -0.4 is 0 Å². The number of phenolic OH excluding ortho intramolecular Hbond substituents is 1. The predicted molar refractivity (Wildman–Crippen MR) is 112 cm³/mol. The molecule has 0 aliphatic heterocycles. The molecule has 6 heteroatoms. The van der Waals surface area contributed by atoms with Crippen LogP contribution in [0.1, 0.15) is 5.56 Å². The Morgan fingerprint density at radius 1 is 0.586 bits per heavy atom. The maximum atomic E-state index is 9.96. The highest BCUT2D eigenvalue weighted by Gasteiger charge is 2.04. The van der Waals surface area contributed by atoms with Crippen LogP contribution in [0.2, 0.25) is 0 Å². The van der Waals surface area contributed by atoms with E-state index < -0.39 is 0 Å². The van der Waals surface area contributed by atoms with Gasteiger partial charge >= 0.3 is 0 Å². The summed E-state index contributed by atoms with van der Waals surface area (Å²) in [7, 11) is 0. The Bertz CT molecular complexity index is 1250. The Morgan fingerprint density at radius 3 is 1.69 bits per heavy atom. The third-order valence-corrected chi connectivity index (χ3v) is 4.28. The quantitative estimate of drug-likeness (QED) is 0.379. The van der Waals surface area contributed by atoms with Gasteiger partial charge in [0, 0.05) is 10.8 Å². The van der Waals surface area contributed by atoms with Crippen molar-refractivity contribution >= 4 is 33.5 Å². The van der Waals surface area contributed by atoms with Gasteiger partial charge in [-0.2, -0.15) is 20.6 Å². The summed E-state index contributed by atoms with van der Waals surface area (Å²) in [6, 6.07) is 27.0. The number of aromatic hydroxyl groups is 1. The van der Waals surface area contributed by atoms with Crippen LogP contribution in [-0.4, -0.2) is 5.11 Å². The second-order valence-corrected chi connectivity index (χ2v) is 6.22. The molecule has 0 heterocycles. The van der Waals surface area contributed by atoms with Crippen molar-refractivity contribution in [1.82, 2.24) is 0 Å². The zero-order valence-corrected chi connectivity index (χ0v) is 15.3. The SMILES string of the molecule is N#Cc1ccc(N=Nc2ccc(N=Nc3ccc(O)c4ccccc34)cc2)cc1. The molecule has 0 spiro atoms. The molecule has 0 atom stereocenters. The van der Waals surface area contributed by atoms with Gasteiger partial charge < -0.3 is 5.11 Å². The summed E-state index contributed by atoms with van der Waals surface area (Å²) in [6.07, 6.45) is 0. The summed E-state index contributed by atoms with van der Waals surface area (Å²) < 4.78 is 0. The maximum absolute atomic E-state index is 9.96. The van der Waals surface area contributed by atoms with E-state index in [-0.39, 0.29) is 5.75 Å². The van der Waals surface area contributed by atoms with Gasteiger partial charge in [-0.3, -0.25) is 0 Å². The Kier molecular flexibility index (Phi) is 5.04. The van der Waals surface area contributed by atoms with E-state index in [2.05, 4.69) is 26.5 Å². The van der Waals surface area contributed by atoms with Crippen molar-refractivity contribution in [3.8, 4) is 11.8 Å². The standard InChI is InChI=1S/C23H15N5O/c24-15-16-5-7-17(8-6-16)25-26-18-9-11-19(12-10-18)27-28-22-13-14-23(29)21-4-2-1-3-20(21)22/h1-14,29H. The van der Waals surface area contributed by atoms with E-state index in [1.165, 1.54) is 0 Å². The molecular weight excluding hydrogens is 362 g/mol. The molecule has 4 aromatic rings. The number of nitriles is 1.